The Kier molecular flexibility index (Phi) is 10.3. The minimum absolute atomic E-state index is 0.00620. The van der Waals surface area contributed by atoms with E-state index in [0.717, 1.165) is 11.8 Å². The Morgan fingerprint density at radius 1 is 1.12 bits per heavy atom. The second kappa shape index (κ2) is 14.4. The van der Waals surface area contributed by atoms with Crippen molar-refractivity contribution in [3.63, 3.8) is 0 Å². The molecule has 3 heterocycles. The fourth-order valence-electron chi connectivity index (χ4n) is 7.43. The predicted molar refractivity (Wildman–Crippen MR) is 192 cm³/mol. The van der Waals surface area contributed by atoms with Crippen LogP contribution in [-0.4, -0.2) is 104 Å². The average Bonchev–Trinajstić information content (AvgIpc) is 4.01. The van der Waals surface area contributed by atoms with Crippen LogP contribution in [0.3, 0.4) is 0 Å². The lowest BCUT2D eigenvalue weighted by Gasteiger charge is -2.32. The molecule has 4 amide bonds. The summed E-state index contributed by atoms with van der Waals surface area (Å²) < 4.78 is 39.8. The van der Waals surface area contributed by atoms with Crippen molar-refractivity contribution in [2.75, 3.05) is 32.6 Å². The first-order chi connectivity index (χ1) is 24.6. The number of sulfonamides is 1. The molecule has 6 rings (SSSR count). The van der Waals surface area contributed by atoms with Crippen molar-refractivity contribution in [1.29, 1.82) is 0 Å². The molecule has 2 aromatic rings. The molecule has 16 heteroatoms. The number of carboxylic acid groups (broad SMARTS) is 1. The molecule has 1 aromatic heterocycles. The van der Waals surface area contributed by atoms with Gasteiger partial charge in [-0.15, -0.1) is 0 Å². The van der Waals surface area contributed by atoms with Crippen molar-refractivity contribution in [2.45, 2.75) is 87.8 Å². The largest absolute Gasteiger partial charge is 0.497 e. The van der Waals surface area contributed by atoms with Crippen LogP contribution in [0.5, 0.6) is 11.6 Å². The monoisotopic (exact) mass is 740 g/mol. The summed E-state index contributed by atoms with van der Waals surface area (Å²) in [4.78, 5) is 62.3. The van der Waals surface area contributed by atoms with Crippen LogP contribution in [0.1, 0.15) is 58.8 Å². The highest BCUT2D eigenvalue weighted by atomic mass is 32.2. The molecule has 15 nitrogen and oxygen atoms in total. The summed E-state index contributed by atoms with van der Waals surface area (Å²) in [5.74, 6) is -1.28. The Hall–Kier alpha value is -4.60. The smallest absolute Gasteiger partial charge is 0.405 e. The standard InChI is InChI=1S/C36H48N6O9S/c1-20-8-6-7-9-23-18-36(23,34(45)40-52(48,49)26-11-12-26)39-31(43)28-17-25(19-42(28)33(44)30(21(2)14-20)38-35(46)47)51-32-27-13-10-24(50-5)15-22(27)16-29(37-32)41(3)4/h7,9-10,13,15-16,20-21,23,25-26,28,30,38H,6,8,11-12,14,17-19H2,1-5H3,(H,39,43)(H,40,45)(H,46,47)/b9-7-/t20-,21-,23-,25-,28+,30+,36-/m1/s1. The Balaban J connectivity index is 1.36. The van der Waals surface area contributed by atoms with Crippen molar-refractivity contribution in [1.82, 2.24) is 25.2 Å². The van der Waals surface area contributed by atoms with Crippen LogP contribution in [0.2, 0.25) is 0 Å². The summed E-state index contributed by atoms with van der Waals surface area (Å²) in [6.45, 7) is 3.78. The van der Waals surface area contributed by atoms with Gasteiger partial charge in [0.2, 0.25) is 27.7 Å². The summed E-state index contributed by atoms with van der Waals surface area (Å²) in [6, 6.07) is 5.01. The van der Waals surface area contributed by atoms with Gasteiger partial charge in [-0.2, -0.15) is 4.98 Å². The van der Waals surface area contributed by atoms with Gasteiger partial charge in [0, 0.05) is 31.8 Å². The second-order valence-corrected chi connectivity index (χ2v) is 16.9. The predicted octanol–water partition coefficient (Wildman–Crippen LogP) is 2.79. The highest BCUT2D eigenvalue weighted by Gasteiger charge is 2.62. The van der Waals surface area contributed by atoms with Crippen molar-refractivity contribution in [3.8, 4) is 11.6 Å². The fraction of sp³-hybridized carbons (Fsp3) is 0.583. The summed E-state index contributed by atoms with van der Waals surface area (Å²) >= 11 is 0. The number of ether oxygens (including phenoxy) is 2. The number of amides is 4. The lowest BCUT2D eigenvalue weighted by molar-refractivity contribution is -0.142. The molecule has 2 aliphatic carbocycles. The number of anilines is 1. The van der Waals surface area contributed by atoms with E-state index in [-0.39, 0.29) is 31.2 Å². The quantitative estimate of drug-likeness (QED) is 0.291. The van der Waals surface area contributed by atoms with E-state index in [2.05, 4.69) is 15.4 Å². The number of nitrogens with one attached hydrogen (secondary N) is 3. The Morgan fingerprint density at radius 2 is 1.87 bits per heavy atom. The minimum Gasteiger partial charge on any atom is -0.497 e. The number of aromatic nitrogens is 1. The maximum atomic E-state index is 14.4. The van der Waals surface area contributed by atoms with Gasteiger partial charge in [0.25, 0.3) is 5.91 Å². The van der Waals surface area contributed by atoms with Crippen LogP contribution in [0, 0.1) is 17.8 Å². The summed E-state index contributed by atoms with van der Waals surface area (Å²) in [6.07, 6.45) is 4.72. The Morgan fingerprint density at radius 3 is 2.54 bits per heavy atom. The van der Waals surface area contributed by atoms with Crippen LogP contribution in [0.4, 0.5) is 10.6 Å². The van der Waals surface area contributed by atoms with Crippen LogP contribution in [-0.2, 0) is 24.4 Å². The van der Waals surface area contributed by atoms with Crippen molar-refractivity contribution >= 4 is 50.4 Å². The molecule has 1 saturated heterocycles. The van der Waals surface area contributed by atoms with Gasteiger partial charge < -0.3 is 35.0 Å². The van der Waals surface area contributed by atoms with Gasteiger partial charge in [0.1, 0.15) is 35.3 Å². The van der Waals surface area contributed by atoms with Crippen LogP contribution >= 0.6 is 0 Å². The van der Waals surface area contributed by atoms with Crippen molar-refractivity contribution in [3.05, 3.63) is 36.4 Å². The average molecular weight is 741 g/mol. The maximum Gasteiger partial charge on any atom is 0.405 e. The zero-order valence-corrected chi connectivity index (χ0v) is 30.9. The summed E-state index contributed by atoms with van der Waals surface area (Å²) in [5, 5.41) is 15.9. The summed E-state index contributed by atoms with van der Waals surface area (Å²) in [7, 11) is 1.35. The zero-order chi connectivity index (χ0) is 37.5. The fourth-order valence-corrected chi connectivity index (χ4v) is 8.79. The maximum absolute atomic E-state index is 14.4. The first-order valence-electron chi connectivity index (χ1n) is 17.8. The van der Waals surface area contributed by atoms with E-state index >= 15 is 0 Å². The molecule has 7 atom stereocenters. The number of allylic oxidation sites excluding steroid dienone is 1. The van der Waals surface area contributed by atoms with E-state index in [4.69, 9.17) is 14.5 Å². The van der Waals surface area contributed by atoms with E-state index in [9.17, 15) is 32.7 Å². The molecule has 0 bridgehead atoms. The van der Waals surface area contributed by atoms with Crippen LogP contribution < -0.4 is 29.7 Å². The number of carbonyl (C=O) groups excluding carboxylic acids is 3. The van der Waals surface area contributed by atoms with Gasteiger partial charge >= 0.3 is 6.09 Å². The first kappa shape index (κ1) is 37.2. The Bertz CT molecular complexity index is 1880. The minimum atomic E-state index is -3.91. The number of methoxy groups -OCH3 is 1. The molecule has 0 spiro atoms. The zero-order valence-electron chi connectivity index (χ0n) is 30.1. The van der Waals surface area contributed by atoms with E-state index < -0.39 is 74.7 Å². The molecule has 52 heavy (non-hydrogen) atoms. The molecule has 3 fully saturated rings. The van der Waals surface area contributed by atoms with Gasteiger partial charge in [-0.1, -0.05) is 26.0 Å². The molecular weight excluding hydrogens is 692 g/mol. The van der Waals surface area contributed by atoms with Crippen molar-refractivity contribution < 1.29 is 42.2 Å². The van der Waals surface area contributed by atoms with Crippen LogP contribution in [0.15, 0.2) is 36.4 Å². The highest BCUT2D eigenvalue weighted by molar-refractivity contribution is 7.91. The van der Waals surface area contributed by atoms with Gasteiger partial charge in [-0.3, -0.25) is 19.1 Å². The van der Waals surface area contributed by atoms with E-state index in [1.807, 2.05) is 63.2 Å². The third-order valence-corrected chi connectivity index (χ3v) is 12.4. The van der Waals surface area contributed by atoms with Gasteiger partial charge in [0.15, 0.2) is 0 Å². The molecule has 282 valence electrons. The van der Waals surface area contributed by atoms with Gasteiger partial charge in [0.05, 0.1) is 18.9 Å². The number of nitrogens with zero attached hydrogens (tertiary/aromatic N) is 3. The molecule has 4 N–H and O–H groups in total. The number of benzene rings is 1. The van der Waals surface area contributed by atoms with Crippen molar-refractivity contribution in [2.24, 2.45) is 17.8 Å². The third-order valence-electron chi connectivity index (χ3n) is 10.6. The number of fused-ring (bicyclic) bond motifs is 3. The first-order valence-corrected chi connectivity index (χ1v) is 19.3. The number of hydrogen-bond donors (Lipinski definition) is 4. The number of carbonyl (C=O) groups is 4. The Labute approximate surface area is 303 Å². The normalized spacial score (nSPS) is 30.1. The number of pyridine rings is 1. The molecular formula is C36H48N6O9S. The molecule has 4 aliphatic rings. The molecule has 2 aliphatic heterocycles. The van der Waals surface area contributed by atoms with E-state index in [1.54, 1.807) is 13.2 Å². The molecule has 0 unspecified atom stereocenters. The van der Waals surface area contributed by atoms with E-state index in [1.165, 1.54) is 4.90 Å². The second-order valence-electron chi connectivity index (χ2n) is 14.9. The van der Waals surface area contributed by atoms with Gasteiger partial charge in [-0.05, 0) is 80.0 Å². The number of hydrogen-bond acceptors (Lipinski definition) is 10. The lowest BCUT2D eigenvalue weighted by atomic mass is 9.88. The third kappa shape index (κ3) is 7.76. The summed E-state index contributed by atoms with van der Waals surface area (Å²) in [5.41, 5.74) is -1.53. The SMILES string of the molecule is COc1ccc2c(O[C@@H]3C[C@H]4C(=O)N[C@]5(C(=O)NS(=O)(=O)C6CC6)C[C@H]5/C=C\CC[C@@H](C)C[C@@H](C)[C@H](NC(=O)O)C(=O)N4C3)nc(N(C)C)cc2c1. The molecule has 1 aromatic carbocycles. The molecule has 2 saturated carbocycles. The highest BCUT2D eigenvalue weighted by Crippen LogP contribution is 2.46. The molecule has 0 radical (unpaired) electrons. The lowest BCUT2D eigenvalue weighted by Crippen LogP contribution is -2.59. The van der Waals surface area contributed by atoms with E-state index in [0.29, 0.717) is 42.6 Å². The van der Waals surface area contributed by atoms with Gasteiger partial charge in [-0.25, -0.2) is 13.2 Å². The topological polar surface area (TPSA) is 197 Å². The van der Waals surface area contributed by atoms with Crippen LogP contribution in [0.25, 0.3) is 10.8 Å². The number of rotatable bonds is 8.